The van der Waals surface area contributed by atoms with Crippen LogP contribution >= 0.6 is 0 Å². The van der Waals surface area contributed by atoms with Gasteiger partial charge < -0.3 is 5.73 Å². The zero-order valence-electron chi connectivity index (χ0n) is 10.6. The van der Waals surface area contributed by atoms with Gasteiger partial charge in [0.15, 0.2) is 0 Å². The quantitative estimate of drug-likeness (QED) is 0.509. The molecule has 102 valence electrons. The van der Waals surface area contributed by atoms with E-state index in [1.54, 1.807) is 12.2 Å². The molecule has 2 aromatic rings. The molecule has 0 atom stereocenters. The summed E-state index contributed by atoms with van der Waals surface area (Å²) in [6.07, 6.45) is 9.27. The molecule has 0 spiro atoms. The first-order chi connectivity index (χ1) is 9.65. The number of aromatic nitrogens is 3. The summed E-state index contributed by atoms with van der Waals surface area (Å²) in [5.74, 6) is -1.73. The van der Waals surface area contributed by atoms with Crippen molar-refractivity contribution in [3.8, 4) is 0 Å². The van der Waals surface area contributed by atoms with Gasteiger partial charge in [-0.25, -0.2) is 9.37 Å². The molecule has 3 rings (SSSR count). The topological polar surface area (TPSA) is 68.8 Å². The Hall–Kier alpha value is -2.63. The summed E-state index contributed by atoms with van der Waals surface area (Å²) >= 11 is 0. The molecule has 0 amide bonds. The molecule has 0 bridgehead atoms. The van der Waals surface area contributed by atoms with E-state index in [1.807, 2.05) is 24.3 Å². The highest BCUT2D eigenvalue weighted by Crippen LogP contribution is 2.28. The highest BCUT2D eigenvalue weighted by molar-refractivity contribution is 5.43. The van der Waals surface area contributed by atoms with E-state index in [4.69, 9.17) is 5.73 Å². The third-order valence-corrected chi connectivity index (χ3v) is 3.12. The maximum Gasteiger partial charge on any atom is 0.232 e. The monoisotopic (exact) mass is 271 g/mol. The average Bonchev–Trinajstić information content (AvgIpc) is 2.93. The minimum atomic E-state index is -1.77. The number of nitrogens with zero attached hydrogens (tertiary/aromatic N) is 3. The Morgan fingerprint density at radius 3 is 2.50 bits per heavy atom. The molecule has 1 aromatic heterocycles. The lowest BCUT2D eigenvalue weighted by atomic mass is 9.92. The van der Waals surface area contributed by atoms with Gasteiger partial charge in [0.05, 0.1) is 0 Å². The summed E-state index contributed by atoms with van der Waals surface area (Å²) in [6, 6.07) is 7.54. The van der Waals surface area contributed by atoms with Gasteiger partial charge in [0.2, 0.25) is 5.79 Å². The van der Waals surface area contributed by atoms with Crippen LogP contribution in [-0.2, 0) is 0 Å². The second kappa shape index (κ2) is 4.80. The van der Waals surface area contributed by atoms with Crippen LogP contribution < -0.4 is 11.2 Å². The highest BCUT2D eigenvalue weighted by Gasteiger charge is 2.26. The molecule has 5 nitrogen and oxygen atoms in total. The van der Waals surface area contributed by atoms with Crippen molar-refractivity contribution in [3.05, 3.63) is 66.8 Å². The molecule has 1 heterocycles. The third-order valence-electron chi connectivity index (χ3n) is 3.12. The number of nitrogens with one attached hydrogen (secondary N) is 1. The molecule has 6 heteroatoms. The minimum Gasteiger partial charge on any atom is -0.399 e. The number of nitrogens with two attached hydrogens (primary N) is 1. The molecule has 3 N–H and O–H groups in total. The fourth-order valence-electron chi connectivity index (χ4n) is 2.06. The molecular weight excluding hydrogens is 257 g/mol. The molecule has 1 aromatic carbocycles. The Kier molecular flexibility index (Phi) is 2.98. The Morgan fingerprint density at radius 2 is 1.90 bits per heavy atom. The predicted molar refractivity (Wildman–Crippen MR) is 75.1 cm³/mol. The number of anilines is 1. The summed E-state index contributed by atoms with van der Waals surface area (Å²) in [6.45, 7) is 0. The summed E-state index contributed by atoms with van der Waals surface area (Å²) in [7, 11) is 0. The number of rotatable bonds is 3. The van der Waals surface area contributed by atoms with Crippen molar-refractivity contribution in [2.45, 2.75) is 11.7 Å². The Morgan fingerprint density at radius 1 is 1.20 bits per heavy atom. The summed E-state index contributed by atoms with van der Waals surface area (Å²) < 4.78 is 14.5. The number of allylic oxidation sites excluding steroid dienone is 2. The van der Waals surface area contributed by atoms with E-state index >= 15 is 0 Å². The molecule has 1 aliphatic rings. The first-order valence-corrected chi connectivity index (χ1v) is 6.20. The number of hydrogen-bond acceptors (Lipinski definition) is 4. The van der Waals surface area contributed by atoms with E-state index < -0.39 is 5.79 Å². The SMILES string of the molecule is Nc1ccc(C2C=CC(F)(Nn3cncn3)C=C2)cc1. The van der Waals surface area contributed by atoms with Crippen molar-refractivity contribution in [2.75, 3.05) is 11.2 Å². The molecule has 0 saturated heterocycles. The van der Waals surface area contributed by atoms with Gasteiger partial charge in [0.25, 0.3) is 0 Å². The third kappa shape index (κ3) is 2.54. The van der Waals surface area contributed by atoms with Crippen molar-refractivity contribution in [1.82, 2.24) is 14.9 Å². The van der Waals surface area contributed by atoms with Crippen LogP contribution in [0.3, 0.4) is 0 Å². The zero-order chi connectivity index (χ0) is 14.0. The molecular formula is C14H14FN5. The van der Waals surface area contributed by atoms with Crippen molar-refractivity contribution >= 4 is 5.69 Å². The second-order valence-electron chi connectivity index (χ2n) is 4.63. The van der Waals surface area contributed by atoms with E-state index in [-0.39, 0.29) is 5.92 Å². The molecule has 20 heavy (non-hydrogen) atoms. The molecule has 0 fully saturated rings. The van der Waals surface area contributed by atoms with Gasteiger partial charge in [0, 0.05) is 11.6 Å². The molecule has 0 aliphatic heterocycles. The van der Waals surface area contributed by atoms with Crippen molar-refractivity contribution in [1.29, 1.82) is 0 Å². The second-order valence-corrected chi connectivity index (χ2v) is 4.63. The standard InChI is InChI=1S/C14H14FN5/c15-14(19-20-10-17-9-18-20)7-5-12(6-8-14)11-1-3-13(16)4-2-11/h1-10,12,19H,16H2. The number of nitrogen functional groups attached to an aromatic ring is 1. The first-order valence-electron chi connectivity index (χ1n) is 6.20. The van der Waals surface area contributed by atoms with Crippen LogP contribution in [0.1, 0.15) is 11.5 Å². The van der Waals surface area contributed by atoms with Gasteiger partial charge in [-0.2, -0.15) is 4.79 Å². The van der Waals surface area contributed by atoms with Gasteiger partial charge in [-0.15, -0.1) is 5.10 Å². The lowest BCUT2D eigenvalue weighted by Gasteiger charge is -2.24. The van der Waals surface area contributed by atoms with E-state index in [9.17, 15) is 4.39 Å². The Bertz CT molecular complexity index is 616. The van der Waals surface area contributed by atoms with Gasteiger partial charge in [-0.3, -0.25) is 5.43 Å². The lowest BCUT2D eigenvalue weighted by molar-refractivity contribution is 0.302. The first kappa shape index (κ1) is 12.4. The van der Waals surface area contributed by atoms with Crippen molar-refractivity contribution in [2.24, 2.45) is 0 Å². The Balaban J connectivity index is 1.74. The molecule has 0 radical (unpaired) electrons. The predicted octanol–water partition coefficient (Wildman–Crippen LogP) is 1.98. The van der Waals surface area contributed by atoms with E-state index in [0.717, 1.165) is 5.56 Å². The maximum absolute atomic E-state index is 14.5. The van der Waals surface area contributed by atoms with Crippen LogP contribution in [0.15, 0.2) is 61.2 Å². The summed E-state index contributed by atoms with van der Waals surface area (Å²) in [5, 5.41) is 3.82. The van der Waals surface area contributed by atoms with Crippen molar-refractivity contribution in [3.63, 3.8) is 0 Å². The molecule has 1 aliphatic carbocycles. The van der Waals surface area contributed by atoms with E-state index in [2.05, 4.69) is 15.5 Å². The number of alkyl halides is 1. The smallest absolute Gasteiger partial charge is 0.232 e. The molecule has 0 saturated carbocycles. The van der Waals surface area contributed by atoms with Crippen LogP contribution in [0.5, 0.6) is 0 Å². The van der Waals surface area contributed by atoms with E-state index in [1.165, 1.54) is 29.6 Å². The summed E-state index contributed by atoms with van der Waals surface area (Å²) in [4.78, 5) is 4.99. The highest BCUT2D eigenvalue weighted by atomic mass is 19.1. The average molecular weight is 271 g/mol. The van der Waals surface area contributed by atoms with Crippen LogP contribution in [0, 0.1) is 0 Å². The maximum atomic E-state index is 14.5. The van der Waals surface area contributed by atoms with Crippen LogP contribution in [-0.4, -0.2) is 20.7 Å². The molecule has 0 unspecified atom stereocenters. The zero-order valence-corrected chi connectivity index (χ0v) is 10.6. The normalized spacial score (nSPS) is 24.8. The Labute approximate surface area is 115 Å². The van der Waals surface area contributed by atoms with Crippen LogP contribution in [0.4, 0.5) is 10.1 Å². The van der Waals surface area contributed by atoms with Gasteiger partial charge in [-0.05, 0) is 29.8 Å². The fraction of sp³-hybridized carbons (Fsp3) is 0.143. The van der Waals surface area contributed by atoms with Gasteiger partial charge in [0.1, 0.15) is 12.7 Å². The fourth-order valence-corrected chi connectivity index (χ4v) is 2.06. The van der Waals surface area contributed by atoms with Crippen LogP contribution in [0.25, 0.3) is 0 Å². The number of benzene rings is 1. The van der Waals surface area contributed by atoms with Crippen molar-refractivity contribution < 1.29 is 4.39 Å². The number of hydrogen-bond donors (Lipinski definition) is 2. The number of halogens is 1. The van der Waals surface area contributed by atoms with Gasteiger partial charge >= 0.3 is 0 Å². The van der Waals surface area contributed by atoms with E-state index in [0.29, 0.717) is 5.69 Å². The largest absolute Gasteiger partial charge is 0.399 e. The lowest BCUT2D eigenvalue weighted by Crippen LogP contribution is -2.36. The minimum absolute atomic E-state index is 0.0389. The van der Waals surface area contributed by atoms with Gasteiger partial charge in [-0.1, -0.05) is 24.3 Å². The van der Waals surface area contributed by atoms with Crippen LogP contribution in [0.2, 0.25) is 0 Å². The summed E-state index contributed by atoms with van der Waals surface area (Å²) in [5.41, 5.74) is 10.0.